The van der Waals surface area contributed by atoms with Gasteiger partial charge in [0.25, 0.3) is 11.8 Å². The Labute approximate surface area is 227 Å². The molecule has 5 nitrogen and oxygen atoms in total. The van der Waals surface area contributed by atoms with Crippen molar-refractivity contribution >= 4 is 46.6 Å². The number of thiocarbonyl (C=S) groups is 1. The lowest BCUT2D eigenvalue weighted by Crippen LogP contribution is -2.56. The van der Waals surface area contributed by atoms with Crippen LogP contribution < -0.4 is 14.5 Å². The van der Waals surface area contributed by atoms with Gasteiger partial charge in [0.15, 0.2) is 5.11 Å². The number of rotatable bonds is 6. The van der Waals surface area contributed by atoms with Gasteiger partial charge in [-0.15, -0.1) is 0 Å². The molecule has 5 rings (SSSR count). The van der Waals surface area contributed by atoms with Crippen molar-refractivity contribution in [2.24, 2.45) is 0 Å². The molecule has 0 aromatic heterocycles. The molecule has 1 aliphatic heterocycles. The van der Waals surface area contributed by atoms with Crippen LogP contribution in [0.4, 0.5) is 11.4 Å². The highest BCUT2D eigenvalue weighted by molar-refractivity contribution is 7.81. The Morgan fingerprint density at radius 2 is 1.21 bits per heavy atom. The Bertz CT molecular complexity index is 1450. The Kier molecular flexibility index (Phi) is 7.15. The van der Waals surface area contributed by atoms with Crippen LogP contribution >= 0.6 is 12.2 Å². The van der Waals surface area contributed by atoms with Gasteiger partial charge in [-0.25, -0.2) is 0 Å². The molecule has 0 bridgehead atoms. The highest BCUT2D eigenvalue weighted by Crippen LogP contribution is 2.30. The molecule has 0 unspecified atom stereocenters. The number of hydrogen-bond donors (Lipinski definition) is 0. The Balaban J connectivity index is 1.44. The van der Waals surface area contributed by atoms with E-state index in [0.717, 1.165) is 5.56 Å². The predicted molar refractivity (Wildman–Crippen MR) is 155 cm³/mol. The lowest BCUT2D eigenvalue weighted by atomic mass is 10.0. The number of para-hydroxylation sites is 2. The van der Waals surface area contributed by atoms with Gasteiger partial charge in [-0.3, -0.25) is 19.4 Å². The van der Waals surface area contributed by atoms with Crippen LogP contribution in [0.3, 0.4) is 0 Å². The summed E-state index contributed by atoms with van der Waals surface area (Å²) in [5, 5.41) is 0.115. The smallest absolute Gasteiger partial charge is 0.270 e. The average molecular weight is 519 g/mol. The summed E-state index contributed by atoms with van der Waals surface area (Å²) >= 11 is 5.65. The van der Waals surface area contributed by atoms with Gasteiger partial charge in [-0.1, -0.05) is 77.9 Å². The maximum Gasteiger partial charge on any atom is 0.270 e. The SMILES string of the molecule is Cc1cc(C)cc(COc2ccc(C=C3C(=O)N(c4ccccc4)C(=S)N(c4ccccc4)C3=O)cc2)c1. The standard InChI is InChI=1S/C32H26N2O3S/c1-22-17-23(2)19-25(18-22)21-37-28-15-13-24(14-16-28)20-29-30(35)33(26-9-5-3-6-10-26)32(38)34(31(29)36)27-11-7-4-8-12-27/h3-20H,21H2,1-2H3. The number of carbonyl (C=O) groups excluding carboxylic acids is 2. The molecule has 0 aliphatic carbocycles. The van der Waals surface area contributed by atoms with Gasteiger partial charge in [-0.2, -0.15) is 0 Å². The third kappa shape index (κ3) is 5.26. The number of hydrogen-bond acceptors (Lipinski definition) is 4. The van der Waals surface area contributed by atoms with Crippen molar-refractivity contribution in [2.75, 3.05) is 9.80 Å². The largest absolute Gasteiger partial charge is 0.489 e. The maximum atomic E-state index is 13.6. The van der Waals surface area contributed by atoms with E-state index in [-0.39, 0.29) is 10.7 Å². The first kappa shape index (κ1) is 25.1. The molecule has 38 heavy (non-hydrogen) atoms. The fraction of sp³-hybridized carbons (Fsp3) is 0.0938. The molecular formula is C32H26N2O3S. The molecule has 1 fully saturated rings. The van der Waals surface area contributed by atoms with E-state index in [1.807, 2.05) is 60.7 Å². The topological polar surface area (TPSA) is 49.9 Å². The van der Waals surface area contributed by atoms with E-state index >= 15 is 0 Å². The molecule has 1 heterocycles. The summed E-state index contributed by atoms with van der Waals surface area (Å²) in [5.41, 5.74) is 5.41. The Morgan fingerprint density at radius 3 is 1.71 bits per heavy atom. The van der Waals surface area contributed by atoms with Gasteiger partial charge in [0.05, 0.1) is 11.4 Å². The van der Waals surface area contributed by atoms with Gasteiger partial charge >= 0.3 is 0 Å². The summed E-state index contributed by atoms with van der Waals surface area (Å²) in [6.45, 7) is 4.59. The zero-order chi connectivity index (χ0) is 26.6. The van der Waals surface area contributed by atoms with E-state index < -0.39 is 11.8 Å². The molecule has 1 saturated heterocycles. The van der Waals surface area contributed by atoms with Gasteiger partial charge in [0, 0.05) is 0 Å². The molecule has 4 aromatic rings. The van der Waals surface area contributed by atoms with Crippen molar-refractivity contribution in [3.05, 3.63) is 131 Å². The second-order valence-electron chi connectivity index (χ2n) is 9.15. The molecule has 0 spiro atoms. The van der Waals surface area contributed by atoms with E-state index in [2.05, 4.69) is 32.0 Å². The van der Waals surface area contributed by atoms with Crippen LogP contribution in [-0.2, 0) is 16.2 Å². The highest BCUT2D eigenvalue weighted by Gasteiger charge is 2.41. The normalized spacial score (nSPS) is 13.6. The van der Waals surface area contributed by atoms with Crippen LogP contribution in [0.5, 0.6) is 5.75 Å². The fourth-order valence-electron chi connectivity index (χ4n) is 4.49. The first-order valence-electron chi connectivity index (χ1n) is 12.3. The number of aryl methyl sites for hydroxylation is 2. The molecule has 2 amide bonds. The van der Waals surface area contributed by atoms with E-state index in [1.54, 1.807) is 30.3 Å². The van der Waals surface area contributed by atoms with Crippen LogP contribution in [0.1, 0.15) is 22.3 Å². The molecular weight excluding hydrogens is 492 g/mol. The van der Waals surface area contributed by atoms with E-state index in [0.29, 0.717) is 29.3 Å². The molecule has 0 N–H and O–H groups in total. The van der Waals surface area contributed by atoms with Crippen LogP contribution in [0, 0.1) is 13.8 Å². The van der Waals surface area contributed by atoms with Crippen molar-refractivity contribution in [1.82, 2.24) is 0 Å². The number of anilines is 2. The van der Waals surface area contributed by atoms with Crippen molar-refractivity contribution < 1.29 is 14.3 Å². The van der Waals surface area contributed by atoms with Gasteiger partial charge in [-0.05, 0) is 79.7 Å². The quantitative estimate of drug-likeness (QED) is 0.163. The van der Waals surface area contributed by atoms with E-state index in [9.17, 15) is 9.59 Å². The molecule has 4 aromatic carbocycles. The third-order valence-electron chi connectivity index (χ3n) is 6.16. The molecule has 0 radical (unpaired) electrons. The first-order valence-corrected chi connectivity index (χ1v) is 12.7. The highest BCUT2D eigenvalue weighted by atomic mass is 32.1. The summed E-state index contributed by atoms with van der Waals surface area (Å²) in [6, 6.07) is 31.9. The summed E-state index contributed by atoms with van der Waals surface area (Å²) in [6.07, 6.45) is 1.60. The van der Waals surface area contributed by atoms with Crippen LogP contribution in [0.15, 0.2) is 109 Å². The minimum absolute atomic E-state index is 0.0233. The van der Waals surface area contributed by atoms with Crippen LogP contribution in [0.2, 0.25) is 0 Å². The third-order valence-corrected chi connectivity index (χ3v) is 6.52. The maximum absolute atomic E-state index is 13.6. The molecule has 1 aliphatic rings. The van der Waals surface area contributed by atoms with Crippen LogP contribution in [-0.4, -0.2) is 16.9 Å². The van der Waals surface area contributed by atoms with E-state index in [4.69, 9.17) is 17.0 Å². The number of ether oxygens (including phenoxy) is 1. The van der Waals surface area contributed by atoms with Gasteiger partial charge < -0.3 is 4.74 Å². The number of carbonyl (C=O) groups is 2. The zero-order valence-electron chi connectivity index (χ0n) is 21.1. The van der Waals surface area contributed by atoms with Gasteiger partial charge in [0.1, 0.15) is 17.9 Å². The minimum Gasteiger partial charge on any atom is -0.489 e. The van der Waals surface area contributed by atoms with Crippen molar-refractivity contribution in [3.63, 3.8) is 0 Å². The minimum atomic E-state index is -0.464. The summed E-state index contributed by atoms with van der Waals surface area (Å²) in [7, 11) is 0. The lowest BCUT2D eigenvalue weighted by Gasteiger charge is -2.36. The van der Waals surface area contributed by atoms with E-state index in [1.165, 1.54) is 20.9 Å². The monoisotopic (exact) mass is 518 g/mol. The zero-order valence-corrected chi connectivity index (χ0v) is 21.9. The molecule has 0 atom stereocenters. The summed E-state index contributed by atoms with van der Waals surface area (Å²) in [5.74, 6) is -0.229. The molecule has 188 valence electrons. The number of benzene rings is 4. The lowest BCUT2D eigenvalue weighted by molar-refractivity contribution is -0.120. The predicted octanol–water partition coefficient (Wildman–Crippen LogP) is 6.63. The van der Waals surface area contributed by atoms with Crippen molar-refractivity contribution in [1.29, 1.82) is 0 Å². The van der Waals surface area contributed by atoms with Crippen molar-refractivity contribution in [2.45, 2.75) is 20.5 Å². The average Bonchev–Trinajstić information content (AvgIpc) is 2.91. The molecule has 6 heteroatoms. The number of amides is 2. The number of nitrogens with zero attached hydrogens (tertiary/aromatic N) is 2. The van der Waals surface area contributed by atoms with Crippen LogP contribution in [0.25, 0.3) is 6.08 Å². The Hall–Kier alpha value is -4.55. The summed E-state index contributed by atoms with van der Waals surface area (Å²) < 4.78 is 5.96. The first-order chi connectivity index (χ1) is 18.4. The van der Waals surface area contributed by atoms with Crippen molar-refractivity contribution in [3.8, 4) is 5.75 Å². The second-order valence-corrected chi connectivity index (χ2v) is 9.51. The second kappa shape index (κ2) is 10.8. The molecule has 0 saturated carbocycles. The fourth-order valence-corrected chi connectivity index (χ4v) is 4.86. The Morgan fingerprint density at radius 1 is 0.711 bits per heavy atom. The van der Waals surface area contributed by atoms with Gasteiger partial charge in [0.2, 0.25) is 0 Å². The summed E-state index contributed by atoms with van der Waals surface area (Å²) in [4.78, 5) is 30.0.